The quantitative estimate of drug-likeness (QED) is 0.420. The molecular formula is C25H21N7O2. The van der Waals surface area contributed by atoms with Gasteiger partial charge in [-0.25, -0.2) is 9.50 Å². The number of carbonyl (C=O) groups is 1. The van der Waals surface area contributed by atoms with Crippen LogP contribution in [0.25, 0.3) is 16.9 Å². The van der Waals surface area contributed by atoms with E-state index < -0.39 is 0 Å². The van der Waals surface area contributed by atoms with E-state index in [-0.39, 0.29) is 11.6 Å². The van der Waals surface area contributed by atoms with Crippen molar-refractivity contribution >= 4 is 23.1 Å². The van der Waals surface area contributed by atoms with Crippen LogP contribution in [0, 0.1) is 0 Å². The Morgan fingerprint density at radius 1 is 1.06 bits per heavy atom. The number of aromatic nitrogens is 5. The highest BCUT2D eigenvalue weighted by atomic mass is 16.5. The van der Waals surface area contributed by atoms with E-state index in [4.69, 9.17) is 9.72 Å². The molecule has 9 nitrogen and oxygen atoms in total. The van der Waals surface area contributed by atoms with Gasteiger partial charge in [-0.1, -0.05) is 24.3 Å². The van der Waals surface area contributed by atoms with Crippen LogP contribution < -0.4 is 15.0 Å². The average molecular weight is 451 g/mol. The highest BCUT2D eigenvalue weighted by molar-refractivity contribution is 6.03. The molecule has 9 heteroatoms. The molecule has 1 aliphatic rings. The van der Waals surface area contributed by atoms with Crippen LogP contribution in [0.15, 0.2) is 73.1 Å². The lowest BCUT2D eigenvalue weighted by molar-refractivity contribution is 0.102. The number of carbonyl (C=O) groups excluding carboxylic acids is 1. The predicted octanol–water partition coefficient (Wildman–Crippen LogP) is 3.90. The Balaban J connectivity index is 1.37. The first-order chi connectivity index (χ1) is 16.7. The fourth-order valence-electron chi connectivity index (χ4n) is 4.20. The van der Waals surface area contributed by atoms with Crippen LogP contribution in [0.5, 0.6) is 5.75 Å². The van der Waals surface area contributed by atoms with E-state index in [0.29, 0.717) is 11.3 Å². The van der Waals surface area contributed by atoms with Gasteiger partial charge in [-0.05, 0) is 35.4 Å². The third-order valence-electron chi connectivity index (χ3n) is 5.95. The Morgan fingerprint density at radius 3 is 2.50 bits per heavy atom. The maximum Gasteiger partial charge on any atom is 0.276 e. The summed E-state index contributed by atoms with van der Waals surface area (Å²) in [5.41, 5.74) is 5.76. The topological polar surface area (TPSA) is 100 Å². The van der Waals surface area contributed by atoms with Crippen LogP contribution in [-0.2, 0) is 13.1 Å². The Hall–Kier alpha value is -4.66. The molecule has 2 aromatic carbocycles. The van der Waals surface area contributed by atoms with Crippen molar-refractivity contribution in [2.45, 2.75) is 13.1 Å². The average Bonchev–Trinajstić information content (AvgIpc) is 3.63. The summed E-state index contributed by atoms with van der Waals surface area (Å²) < 4.78 is 6.85. The summed E-state index contributed by atoms with van der Waals surface area (Å²) in [6.45, 7) is 1.56. The lowest BCUT2D eigenvalue weighted by Crippen LogP contribution is -2.17. The highest BCUT2D eigenvalue weighted by Gasteiger charge is 2.23. The predicted molar refractivity (Wildman–Crippen MR) is 128 cm³/mol. The van der Waals surface area contributed by atoms with Crippen LogP contribution in [-0.4, -0.2) is 37.8 Å². The molecule has 6 rings (SSSR count). The van der Waals surface area contributed by atoms with Crippen LogP contribution in [0.2, 0.25) is 0 Å². The molecule has 0 bridgehead atoms. The standard InChI is InChI=1S/C25H21N7O2/c1-34-20-8-6-19(7-9-20)28-25(33)21-10-24-29-23(31-14-16-4-2-3-5-17(16)15-31)11-22(32(24)30-21)18-12-26-27-13-18/h2-13H,14-15H2,1H3,(H,26,27)(H,28,33). The molecule has 34 heavy (non-hydrogen) atoms. The van der Waals surface area contributed by atoms with Gasteiger partial charge in [0.25, 0.3) is 5.91 Å². The monoisotopic (exact) mass is 451 g/mol. The molecule has 2 N–H and O–H groups in total. The maximum absolute atomic E-state index is 13.0. The number of benzene rings is 2. The smallest absolute Gasteiger partial charge is 0.276 e. The number of methoxy groups -OCH3 is 1. The first-order valence-corrected chi connectivity index (χ1v) is 10.8. The summed E-state index contributed by atoms with van der Waals surface area (Å²) in [7, 11) is 1.60. The van der Waals surface area contributed by atoms with Gasteiger partial charge in [0.2, 0.25) is 0 Å². The van der Waals surface area contributed by atoms with Gasteiger partial charge in [-0.2, -0.15) is 10.2 Å². The molecule has 0 unspecified atom stereocenters. The second-order valence-electron chi connectivity index (χ2n) is 8.09. The molecule has 1 aliphatic heterocycles. The Labute approximate surface area is 195 Å². The molecule has 0 aliphatic carbocycles. The minimum Gasteiger partial charge on any atom is -0.497 e. The maximum atomic E-state index is 13.0. The summed E-state index contributed by atoms with van der Waals surface area (Å²) in [5, 5.41) is 14.4. The number of hydrogen-bond donors (Lipinski definition) is 2. The van der Waals surface area contributed by atoms with Crippen LogP contribution in [0.3, 0.4) is 0 Å². The van der Waals surface area contributed by atoms with Gasteiger partial charge in [-0.15, -0.1) is 0 Å². The molecule has 0 saturated carbocycles. The fraction of sp³-hybridized carbons (Fsp3) is 0.120. The summed E-state index contributed by atoms with van der Waals surface area (Å²) >= 11 is 0. The number of amides is 1. The van der Waals surface area contributed by atoms with Crippen LogP contribution in [0.4, 0.5) is 11.5 Å². The first-order valence-electron chi connectivity index (χ1n) is 10.8. The van der Waals surface area contributed by atoms with Crippen molar-refractivity contribution in [1.82, 2.24) is 24.8 Å². The van der Waals surface area contributed by atoms with Gasteiger partial charge in [0, 0.05) is 42.7 Å². The summed E-state index contributed by atoms with van der Waals surface area (Å²) in [4.78, 5) is 20.0. The van der Waals surface area contributed by atoms with Crippen molar-refractivity contribution in [3.05, 3.63) is 89.9 Å². The number of H-pyrrole nitrogens is 1. The zero-order valence-corrected chi connectivity index (χ0v) is 18.4. The molecule has 0 radical (unpaired) electrons. The van der Waals surface area contributed by atoms with Crippen molar-refractivity contribution < 1.29 is 9.53 Å². The highest BCUT2D eigenvalue weighted by Crippen LogP contribution is 2.30. The van der Waals surface area contributed by atoms with E-state index in [9.17, 15) is 4.79 Å². The molecule has 0 spiro atoms. The van der Waals surface area contributed by atoms with E-state index in [2.05, 4.69) is 49.8 Å². The minimum absolute atomic E-state index is 0.273. The minimum atomic E-state index is -0.316. The molecule has 0 atom stereocenters. The zero-order chi connectivity index (χ0) is 23.1. The number of anilines is 2. The van der Waals surface area contributed by atoms with E-state index in [1.807, 2.05) is 6.07 Å². The second kappa shape index (κ2) is 8.04. The molecular weight excluding hydrogens is 430 g/mol. The van der Waals surface area contributed by atoms with Gasteiger partial charge in [-0.3, -0.25) is 9.89 Å². The number of aromatic amines is 1. The molecule has 3 aromatic heterocycles. The Bertz CT molecular complexity index is 1470. The fourth-order valence-corrected chi connectivity index (χ4v) is 4.20. The molecule has 4 heterocycles. The number of fused-ring (bicyclic) bond motifs is 2. The van der Waals surface area contributed by atoms with Gasteiger partial charge < -0.3 is 15.0 Å². The zero-order valence-electron chi connectivity index (χ0n) is 18.4. The summed E-state index contributed by atoms with van der Waals surface area (Å²) in [6.07, 6.45) is 3.53. The molecule has 0 saturated heterocycles. The largest absolute Gasteiger partial charge is 0.497 e. The van der Waals surface area contributed by atoms with E-state index in [1.54, 1.807) is 54.4 Å². The van der Waals surface area contributed by atoms with Gasteiger partial charge in [0.15, 0.2) is 11.3 Å². The number of rotatable bonds is 5. The van der Waals surface area contributed by atoms with E-state index in [1.165, 1.54) is 11.1 Å². The lowest BCUT2D eigenvalue weighted by Gasteiger charge is -2.17. The molecule has 0 fully saturated rings. The third-order valence-corrected chi connectivity index (χ3v) is 5.95. The molecule has 1 amide bonds. The Morgan fingerprint density at radius 2 is 1.82 bits per heavy atom. The van der Waals surface area contributed by atoms with Crippen molar-refractivity contribution in [3.63, 3.8) is 0 Å². The van der Waals surface area contributed by atoms with Crippen molar-refractivity contribution in [2.75, 3.05) is 17.3 Å². The second-order valence-corrected chi connectivity index (χ2v) is 8.09. The van der Waals surface area contributed by atoms with E-state index in [0.717, 1.165) is 35.9 Å². The summed E-state index contributed by atoms with van der Waals surface area (Å²) in [5.74, 6) is 1.22. The molecule has 168 valence electrons. The normalized spacial score (nSPS) is 12.7. The van der Waals surface area contributed by atoms with Crippen LogP contribution in [0.1, 0.15) is 21.6 Å². The number of nitrogens with one attached hydrogen (secondary N) is 2. The van der Waals surface area contributed by atoms with Gasteiger partial charge in [0.1, 0.15) is 11.6 Å². The van der Waals surface area contributed by atoms with Gasteiger partial charge in [0.05, 0.1) is 19.0 Å². The van der Waals surface area contributed by atoms with Crippen molar-refractivity contribution in [2.24, 2.45) is 0 Å². The lowest BCUT2D eigenvalue weighted by atomic mass is 10.1. The Kier molecular flexibility index (Phi) is 4.72. The third kappa shape index (κ3) is 3.53. The van der Waals surface area contributed by atoms with Crippen LogP contribution >= 0.6 is 0 Å². The van der Waals surface area contributed by atoms with Crippen molar-refractivity contribution in [1.29, 1.82) is 0 Å². The van der Waals surface area contributed by atoms with E-state index >= 15 is 0 Å². The number of hydrogen-bond acceptors (Lipinski definition) is 6. The number of nitrogens with zero attached hydrogens (tertiary/aromatic N) is 5. The van der Waals surface area contributed by atoms with Crippen molar-refractivity contribution in [3.8, 4) is 17.0 Å². The SMILES string of the molecule is COc1ccc(NC(=O)c2cc3nc(N4Cc5ccccc5C4)cc(-c4cn[nH]c4)n3n2)cc1. The van der Waals surface area contributed by atoms with Gasteiger partial charge >= 0.3 is 0 Å². The molecule has 5 aromatic rings. The first kappa shape index (κ1) is 20.0. The summed E-state index contributed by atoms with van der Waals surface area (Å²) in [6, 6.07) is 19.2. The number of ether oxygens (including phenoxy) is 1.